The molecule has 4 fully saturated rings. The summed E-state index contributed by atoms with van der Waals surface area (Å²) < 4.78 is 12.7. The number of hydrogen-bond donors (Lipinski definition) is 0. The van der Waals surface area contributed by atoms with E-state index < -0.39 is 0 Å². The molecule has 4 aliphatic rings. The van der Waals surface area contributed by atoms with Crippen LogP contribution in [0, 0.1) is 5.92 Å². The molecule has 3 saturated heterocycles. The summed E-state index contributed by atoms with van der Waals surface area (Å²) in [7, 11) is 0. The van der Waals surface area contributed by atoms with Crippen LogP contribution in [0.3, 0.4) is 0 Å². The largest absolute Gasteiger partial charge is 0.359 e. The lowest BCUT2D eigenvalue weighted by molar-refractivity contribution is -0.141. The van der Waals surface area contributed by atoms with Crippen LogP contribution in [0.1, 0.15) is 58.8 Å². The highest BCUT2D eigenvalue weighted by Crippen LogP contribution is 2.55. The van der Waals surface area contributed by atoms with Gasteiger partial charge >= 0.3 is 0 Å². The van der Waals surface area contributed by atoms with Gasteiger partial charge in [-0.25, -0.2) is 4.90 Å². The Morgan fingerprint density at radius 2 is 1.72 bits per heavy atom. The van der Waals surface area contributed by atoms with Crippen molar-refractivity contribution < 1.29 is 9.47 Å². The summed E-state index contributed by atoms with van der Waals surface area (Å²) in [6, 6.07) is 0.519. The quantitative estimate of drug-likeness (QED) is 0.715. The van der Waals surface area contributed by atoms with E-state index in [-0.39, 0.29) is 11.4 Å². The summed E-state index contributed by atoms with van der Waals surface area (Å²) in [6.07, 6.45) is 9.61. The van der Waals surface area contributed by atoms with Gasteiger partial charge in [-0.1, -0.05) is 19.3 Å². The zero-order chi connectivity index (χ0) is 12.4. The van der Waals surface area contributed by atoms with Crippen LogP contribution >= 0.6 is 0 Å². The molecular weight excluding hydrogens is 226 g/mol. The number of hydrogen-bond acceptors (Lipinski definition) is 3. The van der Waals surface area contributed by atoms with Gasteiger partial charge in [-0.2, -0.15) is 0 Å². The Balaban J connectivity index is 1.62. The first-order valence-corrected chi connectivity index (χ1v) is 7.74. The van der Waals surface area contributed by atoms with Crippen molar-refractivity contribution in [3.8, 4) is 0 Å². The molecule has 0 aromatic carbocycles. The van der Waals surface area contributed by atoms with Crippen molar-refractivity contribution in [1.82, 2.24) is 4.90 Å². The minimum atomic E-state index is -0.0436. The van der Waals surface area contributed by atoms with Crippen molar-refractivity contribution in [2.75, 3.05) is 6.61 Å². The van der Waals surface area contributed by atoms with Crippen molar-refractivity contribution in [1.29, 1.82) is 0 Å². The number of ether oxygens (including phenoxy) is 2. The van der Waals surface area contributed by atoms with Crippen molar-refractivity contribution in [2.45, 2.75) is 82.4 Å². The van der Waals surface area contributed by atoms with Crippen molar-refractivity contribution >= 4 is 0 Å². The molecule has 4 unspecified atom stereocenters. The molecule has 0 amide bonds. The van der Waals surface area contributed by atoms with Gasteiger partial charge < -0.3 is 9.47 Å². The first-order valence-electron chi connectivity index (χ1n) is 7.74. The minimum absolute atomic E-state index is 0.0389. The Kier molecular flexibility index (Phi) is 2.41. The summed E-state index contributed by atoms with van der Waals surface area (Å²) in [6.45, 7) is 5.42. The smallest absolute Gasteiger partial charge is 0.122 e. The highest BCUT2D eigenvalue weighted by Gasteiger charge is 2.66. The fourth-order valence-corrected chi connectivity index (χ4v) is 4.99. The average Bonchev–Trinajstić information content (AvgIpc) is 2.96. The molecule has 102 valence electrons. The SMILES string of the molecule is CC12CCC3(C)OC(C4CCCCC4)C(CO1)N23. The maximum absolute atomic E-state index is 6.56. The van der Waals surface area contributed by atoms with Crippen molar-refractivity contribution in [3.63, 3.8) is 0 Å². The zero-order valence-corrected chi connectivity index (χ0v) is 11.7. The molecule has 0 aromatic heterocycles. The molecule has 0 N–H and O–H groups in total. The van der Waals surface area contributed by atoms with E-state index in [1.165, 1.54) is 32.1 Å². The van der Waals surface area contributed by atoms with Gasteiger partial charge in [0.25, 0.3) is 0 Å². The Morgan fingerprint density at radius 1 is 1.00 bits per heavy atom. The Morgan fingerprint density at radius 3 is 2.50 bits per heavy atom. The molecule has 3 heterocycles. The van der Waals surface area contributed by atoms with Crippen LogP contribution in [0.4, 0.5) is 0 Å². The lowest BCUT2D eigenvalue weighted by atomic mass is 9.83. The van der Waals surface area contributed by atoms with Gasteiger partial charge in [0.15, 0.2) is 0 Å². The summed E-state index contributed by atoms with van der Waals surface area (Å²) in [5.74, 6) is 0.775. The number of rotatable bonds is 1. The van der Waals surface area contributed by atoms with Gasteiger partial charge in [-0.15, -0.1) is 0 Å². The molecule has 4 atom stereocenters. The highest BCUT2D eigenvalue weighted by molar-refractivity contribution is 5.10. The lowest BCUT2D eigenvalue weighted by Crippen LogP contribution is -2.47. The van der Waals surface area contributed by atoms with Crippen LogP contribution in [0.15, 0.2) is 0 Å². The van der Waals surface area contributed by atoms with E-state index in [0.29, 0.717) is 12.1 Å². The lowest BCUT2D eigenvalue weighted by Gasteiger charge is -2.32. The molecule has 1 aliphatic carbocycles. The van der Waals surface area contributed by atoms with E-state index in [0.717, 1.165) is 25.4 Å². The fraction of sp³-hybridized carbons (Fsp3) is 1.00. The molecule has 18 heavy (non-hydrogen) atoms. The van der Waals surface area contributed by atoms with Gasteiger partial charge in [0.05, 0.1) is 18.8 Å². The molecule has 0 aromatic rings. The van der Waals surface area contributed by atoms with E-state index in [2.05, 4.69) is 18.7 Å². The number of nitrogens with zero attached hydrogens (tertiary/aromatic N) is 1. The zero-order valence-electron chi connectivity index (χ0n) is 11.7. The van der Waals surface area contributed by atoms with Gasteiger partial charge in [0, 0.05) is 0 Å². The Bertz CT molecular complexity index is 354. The average molecular weight is 251 g/mol. The third-order valence-corrected chi connectivity index (χ3v) is 5.85. The maximum atomic E-state index is 6.56. The standard InChI is InChI=1S/C15H25NO2/c1-14-8-9-15(2)16(14)12(10-17-14)13(18-15)11-6-4-3-5-7-11/h11-13H,3-10H2,1-2H3. The third-order valence-electron chi connectivity index (χ3n) is 5.85. The molecule has 0 spiro atoms. The monoisotopic (exact) mass is 251 g/mol. The van der Waals surface area contributed by atoms with Crippen LogP contribution in [-0.2, 0) is 9.47 Å². The van der Waals surface area contributed by atoms with E-state index in [4.69, 9.17) is 9.47 Å². The molecule has 3 nitrogen and oxygen atoms in total. The highest BCUT2D eigenvalue weighted by atomic mass is 16.6. The second-order valence-corrected chi connectivity index (χ2v) is 7.08. The van der Waals surface area contributed by atoms with E-state index in [9.17, 15) is 0 Å². The second kappa shape index (κ2) is 3.71. The van der Waals surface area contributed by atoms with Crippen LogP contribution in [0.5, 0.6) is 0 Å². The molecule has 3 heteroatoms. The van der Waals surface area contributed by atoms with Gasteiger partial charge in [-0.3, -0.25) is 0 Å². The predicted molar refractivity (Wildman–Crippen MR) is 69.1 cm³/mol. The van der Waals surface area contributed by atoms with Crippen molar-refractivity contribution in [3.05, 3.63) is 0 Å². The van der Waals surface area contributed by atoms with Crippen LogP contribution in [0.25, 0.3) is 0 Å². The van der Waals surface area contributed by atoms with E-state index >= 15 is 0 Å². The van der Waals surface area contributed by atoms with Crippen LogP contribution in [-0.4, -0.2) is 35.1 Å². The molecule has 1 saturated carbocycles. The van der Waals surface area contributed by atoms with Gasteiger partial charge in [0.2, 0.25) is 0 Å². The summed E-state index contributed by atoms with van der Waals surface area (Å²) in [5.41, 5.74) is -0.0825. The van der Waals surface area contributed by atoms with E-state index in [1.807, 2.05) is 0 Å². The van der Waals surface area contributed by atoms with Crippen LogP contribution < -0.4 is 0 Å². The fourth-order valence-electron chi connectivity index (χ4n) is 4.99. The second-order valence-electron chi connectivity index (χ2n) is 7.08. The summed E-state index contributed by atoms with van der Waals surface area (Å²) in [4.78, 5) is 2.57. The summed E-state index contributed by atoms with van der Waals surface area (Å²) >= 11 is 0. The Hall–Kier alpha value is -0.120. The molecule has 0 bridgehead atoms. The van der Waals surface area contributed by atoms with Gasteiger partial charge in [0.1, 0.15) is 11.4 Å². The Labute approximate surface area is 110 Å². The first-order chi connectivity index (χ1) is 8.62. The van der Waals surface area contributed by atoms with Crippen LogP contribution in [0.2, 0.25) is 0 Å². The normalized spacial score (nSPS) is 53.0. The molecule has 4 rings (SSSR count). The molecular formula is C15H25NO2. The maximum Gasteiger partial charge on any atom is 0.122 e. The molecule has 3 aliphatic heterocycles. The molecule has 0 radical (unpaired) electrons. The van der Waals surface area contributed by atoms with Gasteiger partial charge in [-0.05, 0) is 45.4 Å². The minimum Gasteiger partial charge on any atom is -0.359 e. The van der Waals surface area contributed by atoms with Crippen molar-refractivity contribution in [2.24, 2.45) is 5.92 Å². The third kappa shape index (κ3) is 1.41. The predicted octanol–water partition coefficient (Wildman–Crippen LogP) is 2.89. The summed E-state index contributed by atoms with van der Waals surface area (Å²) in [5, 5.41) is 0. The first kappa shape index (κ1) is 11.7. The van der Waals surface area contributed by atoms with E-state index in [1.54, 1.807) is 0 Å². The topological polar surface area (TPSA) is 21.7 Å².